The van der Waals surface area contributed by atoms with Gasteiger partial charge in [-0.15, -0.1) is 11.3 Å². The van der Waals surface area contributed by atoms with E-state index < -0.39 is 10.0 Å². The number of amides is 1. The summed E-state index contributed by atoms with van der Waals surface area (Å²) < 4.78 is 41.1. The number of piperazine rings is 1. The van der Waals surface area contributed by atoms with Crippen LogP contribution in [0.3, 0.4) is 0 Å². The Kier molecular flexibility index (Phi) is 4.83. The zero-order chi connectivity index (χ0) is 19.2. The fourth-order valence-corrected chi connectivity index (χ4v) is 6.67. The van der Waals surface area contributed by atoms with Crippen molar-refractivity contribution in [3.8, 4) is 0 Å². The summed E-state index contributed by atoms with van der Waals surface area (Å²) in [4.78, 5) is 17.3. The van der Waals surface area contributed by atoms with E-state index >= 15 is 0 Å². The first-order valence-electron chi connectivity index (χ1n) is 8.17. The third-order valence-electron chi connectivity index (χ3n) is 4.48. The van der Waals surface area contributed by atoms with Crippen molar-refractivity contribution >= 4 is 54.1 Å². The number of fused-ring (bicyclic) bond motifs is 1. The third-order valence-corrected chi connectivity index (χ3v) is 8.47. The smallest absolute Gasteiger partial charge is 0.270 e. The van der Waals surface area contributed by atoms with Gasteiger partial charge in [-0.05, 0) is 52.3 Å². The largest absolute Gasteiger partial charge is 0.351 e. The van der Waals surface area contributed by atoms with Crippen LogP contribution in [-0.2, 0) is 10.0 Å². The molecule has 1 fully saturated rings. The number of halogens is 2. The lowest BCUT2D eigenvalue weighted by Gasteiger charge is -2.33. The normalized spacial score (nSPS) is 16.1. The summed E-state index contributed by atoms with van der Waals surface area (Å²) in [5.74, 6) is -0.581. The molecule has 6 nitrogen and oxygen atoms in total. The molecule has 0 unspecified atom stereocenters. The first-order valence-corrected chi connectivity index (χ1v) is 11.2. The molecule has 3 aromatic rings. The van der Waals surface area contributed by atoms with Gasteiger partial charge in [-0.25, -0.2) is 12.8 Å². The Balaban J connectivity index is 1.47. The van der Waals surface area contributed by atoms with Crippen molar-refractivity contribution in [3.05, 3.63) is 51.7 Å². The number of thiophene rings is 1. The SMILES string of the molecule is O=C(c1cc2cc(F)ccc2[nH]1)N1CCN(S(=O)(=O)c2ccc(Br)s2)CC1. The minimum Gasteiger partial charge on any atom is -0.351 e. The molecule has 0 radical (unpaired) electrons. The number of nitrogens with one attached hydrogen (secondary N) is 1. The Morgan fingerprint density at radius 1 is 1.11 bits per heavy atom. The van der Waals surface area contributed by atoms with Crippen LogP contribution in [0.2, 0.25) is 0 Å². The fraction of sp³-hybridized carbons (Fsp3) is 0.235. The molecular formula is C17H15BrFN3O3S2. The number of aromatic amines is 1. The minimum atomic E-state index is -3.55. The maximum absolute atomic E-state index is 13.3. The lowest BCUT2D eigenvalue weighted by atomic mass is 10.2. The first-order chi connectivity index (χ1) is 12.8. The number of aromatic nitrogens is 1. The van der Waals surface area contributed by atoms with Crippen molar-refractivity contribution in [1.29, 1.82) is 0 Å². The molecule has 1 aliphatic heterocycles. The number of nitrogens with zero attached hydrogens (tertiary/aromatic N) is 2. The van der Waals surface area contributed by atoms with Crippen LogP contribution in [0.5, 0.6) is 0 Å². The molecule has 0 aliphatic carbocycles. The highest BCUT2D eigenvalue weighted by Crippen LogP contribution is 2.29. The Morgan fingerprint density at radius 2 is 1.85 bits per heavy atom. The van der Waals surface area contributed by atoms with Crippen molar-refractivity contribution < 1.29 is 17.6 Å². The lowest BCUT2D eigenvalue weighted by Crippen LogP contribution is -2.50. The Bertz CT molecular complexity index is 1120. The van der Waals surface area contributed by atoms with E-state index in [1.54, 1.807) is 29.2 Å². The van der Waals surface area contributed by atoms with Gasteiger partial charge >= 0.3 is 0 Å². The zero-order valence-corrected chi connectivity index (χ0v) is 17.2. The van der Waals surface area contributed by atoms with E-state index in [4.69, 9.17) is 0 Å². The van der Waals surface area contributed by atoms with Gasteiger partial charge in [0.25, 0.3) is 15.9 Å². The van der Waals surface area contributed by atoms with Crippen LogP contribution < -0.4 is 0 Å². The van der Waals surface area contributed by atoms with Crippen LogP contribution in [0.15, 0.2) is 44.4 Å². The van der Waals surface area contributed by atoms with Crippen LogP contribution in [0, 0.1) is 5.82 Å². The Labute approximate surface area is 167 Å². The molecule has 3 heterocycles. The second kappa shape index (κ2) is 7.01. The minimum absolute atomic E-state index is 0.220. The molecule has 0 bridgehead atoms. The number of hydrogen-bond acceptors (Lipinski definition) is 4. The lowest BCUT2D eigenvalue weighted by molar-refractivity contribution is 0.0693. The average Bonchev–Trinajstić information content (AvgIpc) is 3.27. The topological polar surface area (TPSA) is 73.5 Å². The van der Waals surface area contributed by atoms with Gasteiger partial charge in [0.15, 0.2) is 0 Å². The van der Waals surface area contributed by atoms with Gasteiger partial charge in [-0.2, -0.15) is 4.31 Å². The fourth-order valence-electron chi connectivity index (χ4n) is 3.08. The summed E-state index contributed by atoms with van der Waals surface area (Å²) in [6, 6.07) is 9.19. The number of sulfonamides is 1. The maximum Gasteiger partial charge on any atom is 0.270 e. The molecular weight excluding hydrogens is 457 g/mol. The summed E-state index contributed by atoms with van der Waals surface area (Å²) >= 11 is 4.44. The molecule has 1 amide bonds. The molecule has 1 aliphatic rings. The molecule has 1 saturated heterocycles. The first kappa shape index (κ1) is 18.6. The second-order valence-corrected chi connectivity index (χ2v) is 10.8. The van der Waals surface area contributed by atoms with Crippen molar-refractivity contribution in [2.45, 2.75) is 4.21 Å². The predicted octanol–water partition coefficient (Wildman–Crippen LogP) is 3.28. The van der Waals surface area contributed by atoms with Gasteiger partial charge in [0.1, 0.15) is 15.7 Å². The van der Waals surface area contributed by atoms with Gasteiger partial charge in [0, 0.05) is 37.1 Å². The Morgan fingerprint density at radius 3 is 2.52 bits per heavy atom. The molecule has 0 atom stereocenters. The molecule has 2 aromatic heterocycles. The van der Waals surface area contributed by atoms with E-state index in [1.165, 1.54) is 27.8 Å². The van der Waals surface area contributed by atoms with Crippen LogP contribution in [0.4, 0.5) is 4.39 Å². The van der Waals surface area contributed by atoms with Gasteiger partial charge in [0.05, 0.1) is 3.79 Å². The van der Waals surface area contributed by atoms with Gasteiger partial charge in [-0.3, -0.25) is 4.79 Å². The van der Waals surface area contributed by atoms with E-state index in [0.717, 1.165) is 3.79 Å². The van der Waals surface area contributed by atoms with Crippen molar-refractivity contribution in [2.75, 3.05) is 26.2 Å². The van der Waals surface area contributed by atoms with Crippen molar-refractivity contribution in [2.24, 2.45) is 0 Å². The molecule has 0 spiro atoms. The highest BCUT2D eigenvalue weighted by Gasteiger charge is 2.31. The summed E-state index contributed by atoms with van der Waals surface area (Å²) in [7, 11) is -3.55. The van der Waals surface area contributed by atoms with Gasteiger partial charge < -0.3 is 9.88 Å². The zero-order valence-electron chi connectivity index (χ0n) is 14.0. The molecule has 27 heavy (non-hydrogen) atoms. The second-order valence-electron chi connectivity index (χ2n) is 6.17. The van der Waals surface area contributed by atoms with Crippen LogP contribution in [0.1, 0.15) is 10.5 Å². The van der Waals surface area contributed by atoms with Crippen LogP contribution in [-0.4, -0.2) is 54.7 Å². The number of benzene rings is 1. The summed E-state index contributed by atoms with van der Waals surface area (Å²) in [5.41, 5.74) is 1.05. The van der Waals surface area contributed by atoms with Gasteiger partial charge in [0.2, 0.25) is 0 Å². The highest BCUT2D eigenvalue weighted by molar-refractivity contribution is 9.11. The molecule has 1 aromatic carbocycles. The van der Waals surface area contributed by atoms with Crippen molar-refractivity contribution in [1.82, 2.24) is 14.2 Å². The predicted molar refractivity (Wildman–Crippen MR) is 105 cm³/mol. The monoisotopic (exact) mass is 471 g/mol. The van der Waals surface area contributed by atoms with E-state index in [-0.39, 0.29) is 29.0 Å². The van der Waals surface area contributed by atoms with E-state index in [0.29, 0.717) is 29.7 Å². The number of carbonyl (C=O) groups excluding carboxylic acids is 1. The average molecular weight is 472 g/mol. The summed E-state index contributed by atoms with van der Waals surface area (Å²) in [6.45, 7) is 1.07. The number of rotatable bonds is 3. The molecule has 0 saturated carbocycles. The quantitative estimate of drug-likeness (QED) is 0.636. The third kappa shape index (κ3) is 3.54. The standard InChI is InChI=1S/C17H15BrFN3O3S2/c18-15-3-4-16(26-15)27(24,25)22-7-5-21(6-8-22)17(23)14-10-11-9-12(19)1-2-13(11)20-14/h1-4,9-10,20H,5-8H2. The Hall–Kier alpha value is -1.75. The van der Waals surface area contributed by atoms with Crippen LogP contribution in [0.25, 0.3) is 10.9 Å². The van der Waals surface area contributed by atoms with Gasteiger partial charge in [-0.1, -0.05) is 0 Å². The highest BCUT2D eigenvalue weighted by atomic mass is 79.9. The van der Waals surface area contributed by atoms with Crippen molar-refractivity contribution in [3.63, 3.8) is 0 Å². The molecule has 1 N–H and O–H groups in total. The van der Waals surface area contributed by atoms with E-state index in [1.807, 2.05) is 0 Å². The molecule has 142 valence electrons. The molecule has 4 rings (SSSR count). The number of hydrogen-bond donors (Lipinski definition) is 1. The van der Waals surface area contributed by atoms with Crippen LogP contribution >= 0.6 is 27.3 Å². The van der Waals surface area contributed by atoms with E-state index in [2.05, 4.69) is 20.9 Å². The summed E-state index contributed by atoms with van der Waals surface area (Å²) in [5, 5.41) is 0.628. The number of H-pyrrole nitrogens is 1. The van der Waals surface area contributed by atoms with E-state index in [9.17, 15) is 17.6 Å². The summed E-state index contributed by atoms with van der Waals surface area (Å²) in [6.07, 6.45) is 0. The molecule has 10 heteroatoms. The maximum atomic E-state index is 13.3. The number of carbonyl (C=O) groups is 1.